The van der Waals surface area contributed by atoms with Crippen LogP contribution in [0.25, 0.3) is 0 Å². The van der Waals surface area contributed by atoms with Crippen molar-refractivity contribution in [1.82, 2.24) is 4.90 Å². The van der Waals surface area contributed by atoms with E-state index in [0.717, 1.165) is 0 Å². The van der Waals surface area contributed by atoms with Crippen molar-refractivity contribution in [2.75, 3.05) is 6.54 Å². The van der Waals surface area contributed by atoms with Gasteiger partial charge in [0.15, 0.2) is 8.32 Å². The van der Waals surface area contributed by atoms with Gasteiger partial charge in [-0.15, -0.1) is 0 Å². The van der Waals surface area contributed by atoms with Gasteiger partial charge in [0.2, 0.25) is 0 Å². The van der Waals surface area contributed by atoms with E-state index in [1.54, 1.807) is 0 Å². The van der Waals surface area contributed by atoms with Crippen LogP contribution in [0.1, 0.15) is 27.2 Å². The van der Waals surface area contributed by atoms with Gasteiger partial charge in [-0.05, 0) is 18.1 Å². The molecule has 4 nitrogen and oxygen atoms in total. The van der Waals surface area contributed by atoms with Crippen LogP contribution in [0.5, 0.6) is 0 Å². The lowest BCUT2D eigenvalue weighted by molar-refractivity contribution is -0.191. The Bertz CT molecular complexity index is 379. The summed E-state index contributed by atoms with van der Waals surface area (Å²) in [5.74, 6) is -2.01. The number of nitrogens with zero attached hydrogens (tertiary/aromatic N) is 1. The van der Waals surface area contributed by atoms with E-state index < -0.39 is 32.7 Å². The van der Waals surface area contributed by atoms with Crippen molar-refractivity contribution in [1.29, 1.82) is 0 Å². The van der Waals surface area contributed by atoms with Crippen molar-refractivity contribution in [3.8, 4) is 0 Å². The number of halogens is 3. The highest BCUT2D eigenvalue weighted by Gasteiger charge is 2.49. The lowest BCUT2D eigenvalue weighted by atomic mass is 10.2. The predicted molar refractivity (Wildman–Crippen MR) is 70.5 cm³/mol. The van der Waals surface area contributed by atoms with Gasteiger partial charge in [0.1, 0.15) is 6.23 Å². The van der Waals surface area contributed by atoms with Crippen LogP contribution in [0.4, 0.5) is 13.2 Å². The Kier molecular flexibility index (Phi) is 4.63. The number of aliphatic hydroxyl groups is 1. The molecule has 0 aliphatic carbocycles. The summed E-state index contributed by atoms with van der Waals surface area (Å²) in [4.78, 5) is 11.6. The molecule has 118 valence electrons. The second-order valence-electron chi connectivity index (χ2n) is 6.67. The zero-order valence-corrected chi connectivity index (χ0v) is 13.4. The quantitative estimate of drug-likeness (QED) is 0.797. The lowest BCUT2D eigenvalue weighted by Gasteiger charge is -2.38. The number of carbonyl (C=O) groups excluding carboxylic acids is 1. The molecule has 1 fully saturated rings. The average molecular weight is 313 g/mol. The van der Waals surface area contributed by atoms with Gasteiger partial charge in [0.25, 0.3) is 0 Å². The van der Waals surface area contributed by atoms with Gasteiger partial charge in [-0.1, -0.05) is 20.8 Å². The minimum atomic E-state index is -4.97. The Morgan fingerprint density at radius 3 is 2.20 bits per heavy atom. The molecule has 0 saturated carbocycles. The van der Waals surface area contributed by atoms with E-state index in [1.807, 2.05) is 33.9 Å². The fraction of sp³-hybridized carbons (Fsp3) is 0.917. The van der Waals surface area contributed by atoms with Crippen LogP contribution >= 0.6 is 0 Å². The largest absolute Gasteiger partial charge is 0.471 e. The normalized spacial score (nSPS) is 25.1. The Hall–Kier alpha value is -0.603. The minimum absolute atomic E-state index is 0.0222. The summed E-state index contributed by atoms with van der Waals surface area (Å²) in [6.07, 6.45) is -6.92. The molecule has 0 radical (unpaired) electrons. The number of hydrogen-bond acceptors (Lipinski definition) is 3. The van der Waals surface area contributed by atoms with E-state index in [9.17, 15) is 23.1 Å². The number of aliphatic hydroxyl groups excluding tert-OH is 1. The molecule has 0 bridgehead atoms. The van der Waals surface area contributed by atoms with E-state index in [-0.39, 0.29) is 18.0 Å². The second-order valence-corrected chi connectivity index (χ2v) is 11.4. The number of carbonyl (C=O) groups is 1. The third-order valence-electron chi connectivity index (χ3n) is 4.00. The predicted octanol–water partition coefficient (Wildman–Crippen LogP) is 2.49. The fourth-order valence-corrected chi connectivity index (χ4v) is 3.20. The van der Waals surface area contributed by atoms with E-state index in [1.165, 1.54) is 0 Å². The van der Waals surface area contributed by atoms with Gasteiger partial charge in [-0.2, -0.15) is 13.2 Å². The van der Waals surface area contributed by atoms with Crippen molar-refractivity contribution in [2.45, 2.75) is 63.8 Å². The van der Waals surface area contributed by atoms with Gasteiger partial charge < -0.3 is 14.4 Å². The monoisotopic (exact) mass is 313 g/mol. The molecule has 1 saturated heterocycles. The molecule has 1 aliphatic rings. The van der Waals surface area contributed by atoms with Crippen molar-refractivity contribution in [2.24, 2.45) is 0 Å². The Labute approximate surface area is 118 Å². The molecule has 1 rings (SSSR count). The van der Waals surface area contributed by atoms with Crippen LogP contribution < -0.4 is 0 Å². The molecule has 0 aromatic carbocycles. The molecule has 1 N–H and O–H groups in total. The maximum Gasteiger partial charge on any atom is 0.471 e. The maximum absolute atomic E-state index is 12.4. The molecule has 0 aromatic heterocycles. The molecule has 1 heterocycles. The topological polar surface area (TPSA) is 49.8 Å². The van der Waals surface area contributed by atoms with Crippen LogP contribution in [0.2, 0.25) is 18.1 Å². The number of hydrogen-bond donors (Lipinski definition) is 1. The Morgan fingerprint density at radius 1 is 1.30 bits per heavy atom. The second kappa shape index (κ2) is 5.30. The SMILES string of the molecule is CC(C)(C)[Si](C)(C)O[C@@H]1C[C@@H](O)N(C(=O)C(F)(F)F)C1. The Balaban J connectivity index is 2.74. The first kappa shape index (κ1) is 17.4. The van der Waals surface area contributed by atoms with Gasteiger partial charge in [-0.25, -0.2) is 0 Å². The zero-order valence-electron chi connectivity index (χ0n) is 12.4. The van der Waals surface area contributed by atoms with Crippen LogP contribution in [0, 0.1) is 0 Å². The fourth-order valence-electron chi connectivity index (χ4n) is 1.84. The lowest BCUT2D eigenvalue weighted by Crippen LogP contribution is -2.46. The van der Waals surface area contributed by atoms with Crippen LogP contribution in [-0.2, 0) is 9.22 Å². The van der Waals surface area contributed by atoms with Crippen molar-refractivity contribution >= 4 is 14.2 Å². The van der Waals surface area contributed by atoms with E-state index in [0.29, 0.717) is 4.90 Å². The number of amides is 1. The summed E-state index contributed by atoms with van der Waals surface area (Å²) in [5, 5.41) is 9.55. The Morgan fingerprint density at radius 2 is 1.80 bits per heavy atom. The molecule has 0 unspecified atom stereocenters. The van der Waals surface area contributed by atoms with Gasteiger partial charge in [0.05, 0.1) is 6.10 Å². The summed E-state index contributed by atoms with van der Waals surface area (Å²) in [7, 11) is -2.14. The van der Waals surface area contributed by atoms with Crippen molar-refractivity contribution in [3.63, 3.8) is 0 Å². The average Bonchev–Trinajstić information content (AvgIpc) is 2.54. The standard InChI is InChI=1S/C12H22F3NO3Si/c1-11(2,3)20(4,5)19-8-6-9(17)16(7-8)10(18)12(13,14)15/h8-9,17H,6-7H2,1-5H3/t8-,9-/m1/s1. The number of likely N-dealkylation sites (tertiary alicyclic amines) is 1. The maximum atomic E-state index is 12.4. The van der Waals surface area contributed by atoms with Crippen LogP contribution in [0.15, 0.2) is 0 Å². The van der Waals surface area contributed by atoms with Crippen molar-refractivity contribution in [3.05, 3.63) is 0 Å². The number of alkyl halides is 3. The first-order valence-corrected chi connectivity index (χ1v) is 9.40. The van der Waals surface area contributed by atoms with Crippen molar-refractivity contribution < 1.29 is 27.5 Å². The summed E-state index contributed by atoms with van der Waals surface area (Å²) >= 11 is 0. The third-order valence-corrected chi connectivity index (χ3v) is 8.54. The molecule has 2 atom stereocenters. The smallest absolute Gasteiger partial charge is 0.412 e. The minimum Gasteiger partial charge on any atom is -0.412 e. The van der Waals surface area contributed by atoms with Crippen LogP contribution in [-0.4, -0.2) is 49.3 Å². The number of rotatable bonds is 2. The van der Waals surface area contributed by atoms with Gasteiger partial charge in [-0.3, -0.25) is 4.79 Å². The molecule has 20 heavy (non-hydrogen) atoms. The summed E-state index contributed by atoms with van der Waals surface area (Å²) in [6, 6.07) is 0. The molecular weight excluding hydrogens is 291 g/mol. The third kappa shape index (κ3) is 3.73. The van der Waals surface area contributed by atoms with Gasteiger partial charge in [0, 0.05) is 13.0 Å². The first-order valence-electron chi connectivity index (χ1n) is 6.49. The molecular formula is C12H22F3NO3Si. The molecule has 8 heteroatoms. The van der Waals surface area contributed by atoms with E-state index >= 15 is 0 Å². The molecule has 1 aliphatic heterocycles. The van der Waals surface area contributed by atoms with E-state index in [4.69, 9.17) is 4.43 Å². The molecule has 0 aromatic rings. The summed E-state index contributed by atoms with van der Waals surface area (Å²) < 4.78 is 43.1. The van der Waals surface area contributed by atoms with Crippen LogP contribution in [0.3, 0.4) is 0 Å². The van der Waals surface area contributed by atoms with Gasteiger partial charge >= 0.3 is 12.1 Å². The highest BCUT2D eigenvalue weighted by atomic mass is 28.4. The highest BCUT2D eigenvalue weighted by Crippen LogP contribution is 2.39. The summed E-state index contributed by atoms with van der Waals surface area (Å²) in [6.45, 7) is 9.79. The van der Waals surface area contributed by atoms with E-state index in [2.05, 4.69) is 0 Å². The highest BCUT2D eigenvalue weighted by molar-refractivity contribution is 6.74. The zero-order chi connectivity index (χ0) is 15.9. The molecule has 1 amide bonds. The molecule has 0 spiro atoms. The first-order chi connectivity index (χ1) is 8.75. The summed E-state index contributed by atoms with van der Waals surface area (Å²) in [5.41, 5.74) is 0.